The van der Waals surface area contributed by atoms with Crippen LogP contribution in [0.5, 0.6) is 0 Å². The van der Waals surface area contributed by atoms with Crippen molar-refractivity contribution in [2.75, 3.05) is 11.0 Å². The van der Waals surface area contributed by atoms with E-state index in [-0.39, 0.29) is 0 Å². The first kappa shape index (κ1) is 11.3. The van der Waals surface area contributed by atoms with Gasteiger partial charge in [0.25, 0.3) is 0 Å². The van der Waals surface area contributed by atoms with Gasteiger partial charge in [-0.3, -0.25) is 4.79 Å². The predicted octanol–water partition coefficient (Wildman–Crippen LogP) is 2.51. The minimum atomic E-state index is 0.297. The van der Waals surface area contributed by atoms with Gasteiger partial charge in [-0.1, -0.05) is 35.4 Å². The average molecular weight is 295 g/mol. The highest BCUT2D eigenvalue weighted by molar-refractivity contribution is 14.1. The van der Waals surface area contributed by atoms with E-state index in [1.807, 2.05) is 0 Å². The van der Waals surface area contributed by atoms with Crippen molar-refractivity contribution in [1.82, 2.24) is 5.32 Å². The third kappa shape index (κ3) is 4.29. The molecule has 0 aromatic carbocycles. The Morgan fingerprint density at radius 2 is 2.00 bits per heavy atom. The first-order chi connectivity index (χ1) is 6.34. The molecule has 1 fully saturated rings. The number of hydrogen-bond donors (Lipinski definition) is 1. The van der Waals surface area contributed by atoms with E-state index in [2.05, 4.69) is 27.9 Å². The van der Waals surface area contributed by atoms with Crippen LogP contribution < -0.4 is 5.32 Å². The molecule has 1 aliphatic rings. The van der Waals surface area contributed by atoms with Crippen LogP contribution in [0.4, 0.5) is 0 Å². The molecule has 0 aromatic rings. The van der Waals surface area contributed by atoms with Gasteiger partial charge in [0.2, 0.25) is 5.91 Å². The van der Waals surface area contributed by atoms with Gasteiger partial charge in [0.05, 0.1) is 0 Å². The van der Waals surface area contributed by atoms with E-state index >= 15 is 0 Å². The largest absolute Gasteiger partial charge is 0.356 e. The molecule has 0 heterocycles. The van der Waals surface area contributed by atoms with Gasteiger partial charge in [0.1, 0.15) is 0 Å². The molecule has 0 aliphatic heterocycles. The highest BCUT2D eigenvalue weighted by Crippen LogP contribution is 2.24. The summed E-state index contributed by atoms with van der Waals surface area (Å²) in [5.41, 5.74) is 0. The predicted molar refractivity (Wildman–Crippen MR) is 63.1 cm³/mol. The van der Waals surface area contributed by atoms with Crippen LogP contribution in [0.1, 0.15) is 38.5 Å². The Kier molecular flexibility index (Phi) is 5.75. The number of rotatable bonds is 5. The number of halogens is 1. The minimum absolute atomic E-state index is 0.297. The number of amides is 1. The van der Waals surface area contributed by atoms with Crippen LogP contribution in [-0.2, 0) is 4.79 Å². The molecule has 0 aromatic heterocycles. The van der Waals surface area contributed by atoms with Crippen LogP contribution in [0.25, 0.3) is 0 Å². The van der Waals surface area contributed by atoms with Crippen molar-refractivity contribution in [2.24, 2.45) is 5.92 Å². The van der Waals surface area contributed by atoms with Crippen LogP contribution in [0.15, 0.2) is 0 Å². The van der Waals surface area contributed by atoms with Crippen molar-refractivity contribution in [3.05, 3.63) is 0 Å². The van der Waals surface area contributed by atoms with E-state index in [4.69, 9.17) is 0 Å². The second-order valence-electron chi connectivity index (χ2n) is 3.67. The van der Waals surface area contributed by atoms with Crippen molar-refractivity contribution in [2.45, 2.75) is 38.5 Å². The number of carbonyl (C=O) groups excluding carboxylic acids is 1. The SMILES string of the molecule is O=C(NCCCCI)C1CCCC1. The van der Waals surface area contributed by atoms with Crippen LogP contribution in [0.2, 0.25) is 0 Å². The fourth-order valence-electron chi connectivity index (χ4n) is 1.76. The van der Waals surface area contributed by atoms with Crippen molar-refractivity contribution in [3.63, 3.8) is 0 Å². The molecule has 2 nitrogen and oxygen atoms in total. The summed E-state index contributed by atoms with van der Waals surface area (Å²) in [6.07, 6.45) is 7.04. The molecule has 0 radical (unpaired) electrons. The Balaban J connectivity index is 2.03. The lowest BCUT2D eigenvalue weighted by Gasteiger charge is -2.09. The van der Waals surface area contributed by atoms with Gasteiger partial charge in [-0.05, 0) is 30.1 Å². The monoisotopic (exact) mass is 295 g/mol. The topological polar surface area (TPSA) is 29.1 Å². The molecule has 1 N–H and O–H groups in total. The van der Waals surface area contributed by atoms with Gasteiger partial charge < -0.3 is 5.32 Å². The number of alkyl halides is 1. The molecule has 76 valence electrons. The fraction of sp³-hybridized carbons (Fsp3) is 0.900. The molecule has 0 saturated heterocycles. The molecule has 1 saturated carbocycles. The van der Waals surface area contributed by atoms with Gasteiger partial charge in [-0.2, -0.15) is 0 Å². The molecule has 0 unspecified atom stereocenters. The molecule has 13 heavy (non-hydrogen) atoms. The van der Waals surface area contributed by atoms with Crippen molar-refractivity contribution in [3.8, 4) is 0 Å². The second-order valence-corrected chi connectivity index (χ2v) is 4.75. The lowest BCUT2D eigenvalue weighted by atomic mass is 10.1. The number of nitrogens with one attached hydrogen (secondary N) is 1. The second kappa shape index (κ2) is 6.62. The zero-order valence-electron chi connectivity index (χ0n) is 8.02. The van der Waals surface area contributed by atoms with Gasteiger partial charge in [-0.15, -0.1) is 0 Å². The number of carbonyl (C=O) groups is 1. The summed E-state index contributed by atoms with van der Waals surface area (Å²) in [6, 6.07) is 0. The smallest absolute Gasteiger partial charge is 0.223 e. The van der Waals surface area contributed by atoms with Gasteiger partial charge in [0, 0.05) is 12.5 Å². The average Bonchev–Trinajstić information content (AvgIpc) is 2.65. The Morgan fingerprint density at radius 3 is 2.62 bits per heavy atom. The van der Waals surface area contributed by atoms with Gasteiger partial charge >= 0.3 is 0 Å². The molecule has 1 rings (SSSR count). The molecular weight excluding hydrogens is 277 g/mol. The maximum absolute atomic E-state index is 11.5. The summed E-state index contributed by atoms with van der Waals surface area (Å²) in [5, 5.41) is 3.02. The summed E-state index contributed by atoms with van der Waals surface area (Å²) in [5.74, 6) is 0.630. The summed E-state index contributed by atoms with van der Waals surface area (Å²) in [4.78, 5) is 11.5. The summed E-state index contributed by atoms with van der Waals surface area (Å²) in [7, 11) is 0. The van der Waals surface area contributed by atoms with Gasteiger partial charge in [-0.25, -0.2) is 0 Å². The van der Waals surface area contributed by atoms with E-state index in [9.17, 15) is 4.79 Å². The molecule has 0 bridgehead atoms. The van der Waals surface area contributed by atoms with Crippen molar-refractivity contribution in [1.29, 1.82) is 0 Å². The van der Waals surface area contributed by atoms with Gasteiger partial charge in [0.15, 0.2) is 0 Å². The quantitative estimate of drug-likeness (QED) is 0.471. The third-order valence-electron chi connectivity index (χ3n) is 2.59. The Hall–Kier alpha value is 0.200. The zero-order chi connectivity index (χ0) is 9.52. The summed E-state index contributed by atoms with van der Waals surface area (Å²) in [6.45, 7) is 0.873. The first-order valence-corrected chi connectivity index (χ1v) is 6.71. The van der Waals surface area contributed by atoms with E-state index in [1.165, 1.54) is 23.7 Å². The molecular formula is C10H18INO. The highest BCUT2D eigenvalue weighted by atomic mass is 127. The summed E-state index contributed by atoms with van der Waals surface area (Å²) >= 11 is 2.37. The van der Waals surface area contributed by atoms with Crippen LogP contribution >= 0.6 is 22.6 Å². The minimum Gasteiger partial charge on any atom is -0.356 e. The van der Waals surface area contributed by atoms with Crippen LogP contribution in [0, 0.1) is 5.92 Å². The number of unbranched alkanes of at least 4 members (excludes halogenated alkanes) is 1. The molecule has 3 heteroatoms. The highest BCUT2D eigenvalue weighted by Gasteiger charge is 2.21. The fourth-order valence-corrected chi connectivity index (χ4v) is 2.30. The van der Waals surface area contributed by atoms with E-state index in [0.717, 1.165) is 25.8 Å². The van der Waals surface area contributed by atoms with E-state index in [1.54, 1.807) is 0 Å². The first-order valence-electron chi connectivity index (χ1n) is 5.18. The lowest BCUT2D eigenvalue weighted by Crippen LogP contribution is -2.30. The maximum atomic E-state index is 11.5. The summed E-state index contributed by atoms with van der Waals surface area (Å²) < 4.78 is 1.19. The Bertz CT molecular complexity index is 155. The maximum Gasteiger partial charge on any atom is 0.223 e. The van der Waals surface area contributed by atoms with E-state index in [0.29, 0.717) is 11.8 Å². The Labute approximate surface area is 94.0 Å². The van der Waals surface area contributed by atoms with Crippen molar-refractivity contribution < 1.29 is 4.79 Å². The molecule has 1 amide bonds. The Morgan fingerprint density at radius 1 is 1.31 bits per heavy atom. The van der Waals surface area contributed by atoms with E-state index < -0.39 is 0 Å². The lowest BCUT2D eigenvalue weighted by molar-refractivity contribution is -0.124. The number of hydrogen-bond acceptors (Lipinski definition) is 1. The standard InChI is InChI=1S/C10H18INO/c11-7-3-4-8-12-10(13)9-5-1-2-6-9/h9H,1-8H2,(H,12,13). The van der Waals surface area contributed by atoms with Crippen LogP contribution in [-0.4, -0.2) is 16.9 Å². The molecule has 0 atom stereocenters. The molecule has 1 aliphatic carbocycles. The zero-order valence-corrected chi connectivity index (χ0v) is 10.2. The molecule has 0 spiro atoms. The van der Waals surface area contributed by atoms with Crippen molar-refractivity contribution >= 4 is 28.5 Å². The van der Waals surface area contributed by atoms with Crippen LogP contribution in [0.3, 0.4) is 0 Å². The third-order valence-corrected chi connectivity index (χ3v) is 3.35. The normalized spacial score (nSPS) is 17.6.